The standard InChI is InChI=1S/C23H26N4O/c1-26(2)16-18-7-5-6-14-27(18)23(28)20-15-22(17-10-12-24-13-11-17)25-21-9-4-3-8-19(20)21/h3-4,8-13,15,18H,5-7,14,16H2,1-2H3. The topological polar surface area (TPSA) is 49.3 Å². The van der Waals surface area contributed by atoms with Crippen LogP contribution in [0.15, 0.2) is 54.9 Å². The molecule has 0 saturated carbocycles. The Morgan fingerprint density at radius 1 is 1.14 bits per heavy atom. The molecule has 0 aliphatic carbocycles. The van der Waals surface area contributed by atoms with E-state index < -0.39 is 0 Å². The molecule has 5 nitrogen and oxygen atoms in total. The zero-order chi connectivity index (χ0) is 19.5. The number of para-hydroxylation sites is 1. The number of carbonyl (C=O) groups is 1. The van der Waals surface area contributed by atoms with Crippen molar-refractivity contribution in [3.8, 4) is 11.3 Å². The maximum Gasteiger partial charge on any atom is 0.254 e. The van der Waals surface area contributed by atoms with E-state index in [4.69, 9.17) is 4.98 Å². The Morgan fingerprint density at radius 3 is 2.71 bits per heavy atom. The lowest BCUT2D eigenvalue weighted by molar-refractivity contribution is 0.0577. The summed E-state index contributed by atoms with van der Waals surface area (Å²) in [4.78, 5) is 26.8. The minimum absolute atomic E-state index is 0.112. The maximum atomic E-state index is 13.7. The molecule has 3 aromatic rings. The van der Waals surface area contributed by atoms with E-state index in [2.05, 4.69) is 28.9 Å². The number of piperidine rings is 1. The van der Waals surface area contributed by atoms with Gasteiger partial charge in [-0.1, -0.05) is 18.2 Å². The third kappa shape index (κ3) is 3.76. The van der Waals surface area contributed by atoms with Crippen molar-refractivity contribution < 1.29 is 4.79 Å². The number of rotatable bonds is 4. The number of nitrogens with zero attached hydrogens (tertiary/aromatic N) is 4. The lowest BCUT2D eigenvalue weighted by atomic mass is 9.98. The summed E-state index contributed by atoms with van der Waals surface area (Å²) >= 11 is 0. The van der Waals surface area contributed by atoms with Gasteiger partial charge in [-0.2, -0.15) is 0 Å². The molecule has 1 saturated heterocycles. The molecule has 4 rings (SSSR count). The van der Waals surface area contributed by atoms with Gasteiger partial charge in [-0.05, 0) is 57.6 Å². The van der Waals surface area contributed by atoms with Gasteiger partial charge in [0, 0.05) is 42.5 Å². The third-order valence-electron chi connectivity index (χ3n) is 5.39. The Bertz CT molecular complexity index is 971. The molecule has 0 N–H and O–H groups in total. The number of likely N-dealkylation sites (N-methyl/N-ethyl adjacent to an activating group) is 1. The number of benzene rings is 1. The molecule has 1 aromatic carbocycles. The molecular weight excluding hydrogens is 348 g/mol. The summed E-state index contributed by atoms with van der Waals surface area (Å²) in [6.45, 7) is 1.71. The Labute approximate surface area is 166 Å². The molecule has 1 unspecified atom stereocenters. The molecule has 1 aliphatic rings. The van der Waals surface area contributed by atoms with E-state index in [0.717, 1.165) is 53.7 Å². The Kier molecular flexibility index (Phi) is 5.35. The average molecular weight is 374 g/mol. The van der Waals surface area contributed by atoms with Gasteiger partial charge in [-0.15, -0.1) is 0 Å². The molecule has 1 aliphatic heterocycles. The van der Waals surface area contributed by atoms with Crippen molar-refractivity contribution in [1.29, 1.82) is 0 Å². The molecule has 28 heavy (non-hydrogen) atoms. The molecule has 0 spiro atoms. The van der Waals surface area contributed by atoms with E-state index in [9.17, 15) is 4.79 Å². The highest BCUT2D eigenvalue weighted by atomic mass is 16.2. The van der Waals surface area contributed by atoms with Gasteiger partial charge >= 0.3 is 0 Å². The zero-order valence-electron chi connectivity index (χ0n) is 16.5. The fourth-order valence-electron chi connectivity index (χ4n) is 4.06. The van der Waals surface area contributed by atoms with Gasteiger partial charge in [0.1, 0.15) is 0 Å². The second-order valence-electron chi connectivity index (χ2n) is 7.72. The summed E-state index contributed by atoms with van der Waals surface area (Å²) in [5.41, 5.74) is 3.37. The first-order valence-corrected chi connectivity index (χ1v) is 9.89. The summed E-state index contributed by atoms with van der Waals surface area (Å²) in [6, 6.07) is 14.0. The van der Waals surface area contributed by atoms with Gasteiger partial charge in [0.05, 0.1) is 16.8 Å². The average Bonchev–Trinajstić information content (AvgIpc) is 2.73. The van der Waals surface area contributed by atoms with Gasteiger partial charge in [-0.3, -0.25) is 9.78 Å². The van der Waals surface area contributed by atoms with Crippen LogP contribution in [0, 0.1) is 0 Å². The molecule has 1 fully saturated rings. The van der Waals surface area contributed by atoms with E-state index in [1.807, 2.05) is 42.5 Å². The number of hydrogen-bond donors (Lipinski definition) is 0. The zero-order valence-corrected chi connectivity index (χ0v) is 16.5. The number of aromatic nitrogens is 2. The first-order chi connectivity index (χ1) is 13.6. The summed E-state index contributed by atoms with van der Waals surface area (Å²) in [5, 5.41) is 0.916. The van der Waals surface area contributed by atoms with Crippen LogP contribution in [0.2, 0.25) is 0 Å². The fraction of sp³-hybridized carbons (Fsp3) is 0.348. The van der Waals surface area contributed by atoms with Crippen LogP contribution >= 0.6 is 0 Å². The second-order valence-corrected chi connectivity index (χ2v) is 7.72. The summed E-state index contributed by atoms with van der Waals surface area (Å²) in [5.74, 6) is 0.112. The number of carbonyl (C=O) groups excluding carboxylic acids is 1. The highest BCUT2D eigenvalue weighted by molar-refractivity contribution is 6.07. The number of fused-ring (bicyclic) bond motifs is 1. The van der Waals surface area contributed by atoms with Crippen molar-refractivity contribution >= 4 is 16.8 Å². The predicted molar refractivity (Wildman–Crippen MR) is 112 cm³/mol. The van der Waals surface area contributed by atoms with Crippen LogP contribution in [-0.2, 0) is 0 Å². The van der Waals surface area contributed by atoms with E-state index in [0.29, 0.717) is 0 Å². The molecule has 3 heterocycles. The van der Waals surface area contributed by atoms with Crippen LogP contribution in [-0.4, -0.2) is 58.9 Å². The van der Waals surface area contributed by atoms with Crippen LogP contribution in [0.25, 0.3) is 22.2 Å². The van der Waals surface area contributed by atoms with Gasteiger partial charge in [-0.25, -0.2) is 4.98 Å². The van der Waals surface area contributed by atoms with Crippen LogP contribution in [0.5, 0.6) is 0 Å². The molecule has 1 atom stereocenters. The molecule has 0 bridgehead atoms. The summed E-state index contributed by atoms with van der Waals surface area (Å²) in [7, 11) is 4.14. The minimum Gasteiger partial charge on any atom is -0.334 e. The van der Waals surface area contributed by atoms with Crippen molar-refractivity contribution in [3.05, 3.63) is 60.4 Å². The SMILES string of the molecule is CN(C)CC1CCCCN1C(=O)c1cc(-c2ccncc2)nc2ccccc12. The van der Waals surface area contributed by atoms with Gasteiger partial charge < -0.3 is 9.80 Å². The third-order valence-corrected chi connectivity index (χ3v) is 5.39. The smallest absolute Gasteiger partial charge is 0.254 e. The van der Waals surface area contributed by atoms with Crippen molar-refractivity contribution in [2.45, 2.75) is 25.3 Å². The number of hydrogen-bond acceptors (Lipinski definition) is 4. The molecule has 0 radical (unpaired) electrons. The quantitative estimate of drug-likeness (QED) is 0.696. The lowest BCUT2D eigenvalue weighted by Gasteiger charge is -2.37. The second kappa shape index (κ2) is 8.07. The maximum absolute atomic E-state index is 13.7. The molecular formula is C23H26N4O. The predicted octanol–water partition coefficient (Wildman–Crippen LogP) is 3.85. The molecule has 2 aromatic heterocycles. The monoisotopic (exact) mass is 374 g/mol. The largest absolute Gasteiger partial charge is 0.334 e. The highest BCUT2D eigenvalue weighted by Crippen LogP contribution is 2.28. The lowest BCUT2D eigenvalue weighted by Crippen LogP contribution is -2.48. The van der Waals surface area contributed by atoms with Crippen molar-refractivity contribution in [1.82, 2.24) is 19.8 Å². The number of pyridine rings is 2. The number of amides is 1. The van der Waals surface area contributed by atoms with E-state index >= 15 is 0 Å². The van der Waals surface area contributed by atoms with Crippen LogP contribution in [0.3, 0.4) is 0 Å². The first-order valence-electron chi connectivity index (χ1n) is 9.89. The molecule has 5 heteroatoms. The Hall–Kier alpha value is -2.79. The highest BCUT2D eigenvalue weighted by Gasteiger charge is 2.29. The van der Waals surface area contributed by atoms with Crippen LogP contribution in [0.1, 0.15) is 29.6 Å². The van der Waals surface area contributed by atoms with Crippen molar-refractivity contribution in [2.24, 2.45) is 0 Å². The molecule has 144 valence electrons. The van der Waals surface area contributed by atoms with Gasteiger partial charge in [0.2, 0.25) is 0 Å². The first kappa shape index (κ1) is 18.6. The minimum atomic E-state index is 0.112. The van der Waals surface area contributed by atoms with Crippen LogP contribution < -0.4 is 0 Å². The normalized spacial score (nSPS) is 17.2. The number of likely N-dealkylation sites (tertiary alicyclic amines) is 1. The summed E-state index contributed by atoms with van der Waals surface area (Å²) < 4.78 is 0. The molecule has 1 amide bonds. The van der Waals surface area contributed by atoms with Crippen molar-refractivity contribution in [3.63, 3.8) is 0 Å². The fourth-order valence-corrected chi connectivity index (χ4v) is 4.06. The Morgan fingerprint density at radius 2 is 1.93 bits per heavy atom. The summed E-state index contributed by atoms with van der Waals surface area (Å²) in [6.07, 6.45) is 6.82. The van der Waals surface area contributed by atoms with Gasteiger partial charge in [0.15, 0.2) is 0 Å². The van der Waals surface area contributed by atoms with E-state index in [1.54, 1.807) is 12.4 Å². The van der Waals surface area contributed by atoms with Gasteiger partial charge in [0.25, 0.3) is 5.91 Å². The van der Waals surface area contributed by atoms with E-state index in [-0.39, 0.29) is 11.9 Å². The van der Waals surface area contributed by atoms with E-state index in [1.165, 1.54) is 6.42 Å². The van der Waals surface area contributed by atoms with Crippen LogP contribution in [0.4, 0.5) is 0 Å². The Balaban J connectivity index is 1.79. The van der Waals surface area contributed by atoms with Crippen molar-refractivity contribution in [2.75, 3.05) is 27.2 Å².